The average Bonchev–Trinajstić information content (AvgIpc) is 3.64. The molecule has 0 amide bonds. The van der Waals surface area contributed by atoms with Crippen LogP contribution in [0.25, 0.3) is 23.0 Å². The SMILES string of the molecule is C=CCOC(=O)C1=C(C)N=c2sc(=Cc3cn(-c4ccccc4)nc3-c3ccc(OC(C)C)c(C)c3)c(=O)n2C1c1ccc(OC)cc1. The van der Waals surface area contributed by atoms with Gasteiger partial charge in [0.2, 0.25) is 0 Å². The van der Waals surface area contributed by atoms with Gasteiger partial charge in [0.25, 0.3) is 5.56 Å². The largest absolute Gasteiger partial charge is 0.497 e. The lowest BCUT2D eigenvalue weighted by Crippen LogP contribution is -2.39. The summed E-state index contributed by atoms with van der Waals surface area (Å²) in [6.07, 6.45) is 5.31. The molecular weight excluding hydrogens is 625 g/mol. The molecule has 5 aromatic rings. The van der Waals surface area contributed by atoms with Crippen molar-refractivity contribution in [3.05, 3.63) is 139 Å². The predicted octanol–water partition coefficient (Wildman–Crippen LogP) is 5.92. The number of methoxy groups -OCH3 is 1. The number of esters is 1. The fourth-order valence-electron chi connectivity index (χ4n) is 5.65. The predicted molar refractivity (Wildman–Crippen MR) is 187 cm³/mol. The van der Waals surface area contributed by atoms with Crippen molar-refractivity contribution in [2.45, 2.75) is 39.8 Å². The normalized spacial score (nSPS) is 14.5. The number of aryl methyl sites for hydroxylation is 1. The lowest BCUT2D eigenvalue weighted by molar-refractivity contribution is -0.138. The molecule has 0 aliphatic carbocycles. The molecule has 3 aromatic carbocycles. The van der Waals surface area contributed by atoms with Crippen LogP contribution in [-0.2, 0) is 9.53 Å². The number of thiazole rings is 1. The van der Waals surface area contributed by atoms with E-state index >= 15 is 0 Å². The molecule has 0 N–H and O–H groups in total. The molecule has 0 saturated heterocycles. The summed E-state index contributed by atoms with van der Waals surface area (Å²) in [5.74, 6) is 0.907. The molecule has 6 rings (SSSR count). The van der Waals surface area contributed by atoms with Crippen molar-refractivity contribution < 1.29 is 19.0 Å². The summed E-state index contributed by atoms with van der Waals surface area (Å²) >= 11 is 1.26. The number of nitrogens with zero attached hydrogens (tertiary/aromatic N) is 4. The second-order valence-electron chi connectivity index (χ2n) is 11.6. The number of rotatable bonds is 10. The van der Waals surface area contributed by atoms with Gasteiger partial charge in [0.1, 0.15) is 23.8 Å². The summed E-state index contributed by atoms with van der Waals surface area (Å²) in [6, 6.07) is 22.3. The van der Waals surface area contributed by atoms with Crippen molar-refractivity contribution in [2.24, 2.45) is 4.99 Å². The van der Waals surface area contributed by atoms with E-state index in [2.05, 4.69) is 6.58 Å². The van der Waals surface area contributed by atoms with Crippen LogP contribution in [0.5, 0.6) is 11.5 Å². The standard InChI is InChI=1S/C38H36N4O5S/c1-7-19-46-37(44)33-25(5)39-38-42(35(33)26-13-16-30(45-6)17-14-26)36(43)32(48-38)21-28-22-41(29-11-9-8-10-12-29)40-34(28)27-15-18-31(24(4)20-27)47-23(2)3/h7-18,20-23,35H,1,19H2,2-6H3. The van der Waals surface area contributed by atoms with Gasteiger partial charge in [0.05, 0.1) is 40.7 Å². The van der Waals surface area contributed by atoms with Crippen LogP contribution in [0.1, 0.15) is 43.5 Å². The molecule has 0 bridgehead atoms. The molecule has 9 nitrogen and oxygen atoms in total. The van der Waals surface area contributed by atoms with Gasteiger partial charge < -0.3 is 14.2 Å². The van der Waals surface area contributed by atoms with Crippen molar-refractivity contribution in [3.63, 3.8) is 0 Å². The van der Waals surface area contributed by atoms with Gasteiger partial charge in [-0.1, -0.05) is 54.3 Å². The topological polar surface area (TPSA) is 96.9 Å². The van der Waals surface area contributed by atoms with E-state index in [0.29, 0.717) is 26.5 Å². The maximum Gasteiger partial charge on any atom is 0.338 e. The fraction of sp³-hybridized carbons (Fsp3) is 0.211. The fourth-order valence-corrected chi connectivity index (χ4v) is 6.69. The number of allylic oxidation sites excluding steroid dienone is 1. The summed E-state index contributed by atoms with van der Waals surface area (Å²) in [5, 5.41) is 4.97. The summed E-state index contributed by atoms with van der Waals surface area (Å²) < 4.78 is 20.6. The highest BCUT2D eigenvalue weighted by Gasteiger charge is 2.33. The summed E-state index contributed by atoms with van der Waals surface area (Å²) in [6.45, 7) is 11.4. The summed E-state index contributed by atoms with van der Waals surface area (Å²) in [7, 11) is 1.59. The van der Waals surface area contributed by atoms with Crippen LogP contribution in [-0.4, -0.2) is 40.1 Å². The molecule has 0 fully saturated rings. The minimum Gasteiger partial charge on any atom is -0.497 e. The van der Waals surface area contributed by atoms with Gasteiger partial charge in [-0.25, -0.2) is 14.5 Å². The first kappa shape index (κ1) is 32.5. The van der Waals surface area contributed by atoms with Gasteiger partial charge in [-0.2, -0.15) is 5.10 Å². The minimum atomic E-state index is -0.755. The number of ether oxygens (including phenoxy) is 3. The molecule has 1 unspecified atom stereocenters. The molecule has 48 heavy (non-hydrogen) atoms. The Morgan fingerprint density at radius 1 is 1.06 bits per heavy atom. The summed E-state index contributed by atoms with van der Waals surface area (Å²) in [4.78, 5) is 33.0. The van der Waals surface area contributed by atoms with Crippen LogP contribution in [0.15, 0.2) is 113 Å². The third-order valence-corrected chi connectivity index (χ3v) is 8.85. The van der Waals surface area contributed by atoms with E-state index in [1.165, 1.54) is 17.4 Å². The maximum absolute atomic E-state index is 14.4. The zero-order valence-electron chi connectivity index (χ0n) is 27.5. The first-order valence-electron chi connectivity index (χ1n) is 15.6. The zero-order chi connectivity index (χ0) is 33.9. The Bertz CT molecular complexity index is 2210. The number of carbonyl (C=O) groups is 1. The highest BCUT2D eigenvalue weighted by atomic mass is 32.1. The molecule has 1 aliphatic heterocycles. The molecule has 0 radical (unpaired) electrons. The van der Waals surface area contributed by atoms with E-state index in [1.54, 1.807) is 30.7 Å². The lowest BCUT2D eigenvalue weighted by Gasteiger charge is -2.24. The number of hydrogen-bond donors (Lipinski definition) is 0. The number of benzene rings is 3. The zero-order valence-corrected chi connectivity index (χ0v) is 28.3. The Balaban J connectivity index is 1.53. The number of para-hydroxylation sites is 1. The second kappa shape index (κ2) is 13.7. The maximum atomic E-state index is 14.4. The quantitative estimate of drug-likeness (QED) is 0.136. The molecule has 244 valence electrons. The summed E-state index contributed by atoms with van der Waals surface area (Å²) in [5.41, 5.74) is 5.42. The van der Waals surface area contributed by atoms with Crippen LogP contribution >= 0.6 is 11.3 Å². The molecule has 0 saturated carbocycles. The van der Waals surface area contributed by atoms with Gasteiger partial charge in [0.15, 0.2) is 4.80 Å². The third-order valence-electron chi connectivity index (χ3n) is 7.87. The van der Waals surface area contributed by atoms with Crippen molar-refractivity contribution in [1.29, 1.82) is 0 Å². The third kappa shape index (κ3) is 6.39. The smallest absolute Gasteiger partial charge is 0.338 e. The van der Waals surface area contributed by atoms with Crippen LogP contribution in [0.4, 0.5) is 0 Å². The number of fused-ring (bicyclic) bond motifs is 1. The monoisotopic (exact) mass is 660 g/mol. The molecule has 1 aliphatic rings. The van der Waals surface area contributed by atoms with E-state index < -0.39 is 12.0 Å². The first-order chi connectivity index (χ1) is 23.2. The van der Waals surface area contributed by atoms with Gasteiger partial charge in [-0.15, -0.1) is 0 Å². The Hall–Kier alpha value is -5.48. The Morgan fingerprint density at radius 3 is 2.48 bits per heavy atom. The number of hydrogen-bond acceptors (Lipinski definition) is 8. The molecular formula is C38H36N4O5S. The molecule has 10 heteroatoms. The van der Waals surface area contributed by atoms with Gasteiger partial charge in [-0.3, -0.25) is 9.36 Å². The van der Waals surface area contributed by atoms with Gasteiger partial charge in [0, 0.05) is 17.3 Å². The Kier molecular flexibility index (Phi) is 9.27. The first-order valence-corrected chi connectivity index (χ1v) is 16.4. The van der Waals surface area contributed by atoms with Crippen molar-refractivity contribution in [3.8, 4) is 28.4 Å². The van der Waals surface area contributed by atoms with Gasteiger partial charge >= 0.3 is 5.97 Å². The lowest BCUT2D eigenvalue weighted by atomic mass is 9.96. The highest BCUT2D eigenvalue weighted by molar-refractivity contribution is 7.07. The van der Waals surface area contributed by atoms with Crippen molar-refractivity contribution >= 4 is 23.4 Å². The van der Waals surface area contributed by atoms with Crippen LogP contribution in [0, 0.1) is 6.92 Å². The van der Waals surface area contributed by atoms with Crippen molar-refractivity contribution in [2.75, 3.05) is 13.7 Å². The van der Waals surface area contributed by atoms with E-state index in [-0.39, 0.29) is 23.8 Å². The molecule has 3 heterocycles. The Morgan fingerprint density at radius 2 is 1.81 bits per heavy atom. The van der Waals surface area contributed by atoms with E-state index in [4.69, 9.17) is 24.3 Å². The van der Waals surface area contributed by atoms with Crippen LogP contribution in [0.2, 0.25) is 0 Å². The molecule has 1 atom stereocenters. The van der Waals surface area contributed by atoms with E-state index in [9.17, 15) is 9.59 Å². The van der Waals surface area contributed by atoms with Crippen LogP contribution < -0.4 is 24.4 Å². The van der Waals surface area contributed by atoms with E-state index in [1.807, 2.05) is 98.4 Å². The average molecular weight is 661 g/mol. The minimum absolute atomic E-state index is 0.0353. The molecule has 0 spiro atoms. The van der Waals surface area contributed by atoms with E-state index in [0.717, 1.165) is 33.7 Å². The number of carbonyl (C=O) groups excluding carboxylic acids is 1. The highest BCUT2D eigenvalue weighted by Crippen LogP contribution is 2.32. The number of aromatic nitrogens is 3. The second-order valence-corrected chi connectivity index (χ2v) is 12.6. The van der Waals surface area contributed by atoms with Crippen molar-refractivity contribution in [1.82, 2.24) is 14.3 Å². The molecule has 2 aromatic heterocycles. The van der Waals surface area contributed by atoms with Crippen LogP contribution in [0.3, 0.4) is 0 Å². The Labute approximate surface area is 282 Å². The van der Waals surface area contributed by atoms with Gasteiger partial charge in [-0.05, 0) is 87.4 Å².